The molecule has 0 aliphatic carbocycles. The van der Waals surface area contributed by atoms with E-state index < -0.39 is 31.3 Å². The van der Waals surface area contributed by atoms with Crippen molar-refractivity contribution < 1.29 is 32.6 Å². The zero-order valence-corrected chi connectivity index (χ0v) is 11.4. The number of amides is 1. The van der Waals surface area contributed by atoms with Gasteiger partial charge in [0.2, 0.25) is 5.91 Å². The minimum absolute atomic E-state index is 0.0411. The maximum absolute atomic E-state index is 11.8. The van der Waals surface area contributed by atoms with Crippen LogP contribution in [-0.2, 0) is 9.53 Å². The van der Waals surface area contributed by atoms with Gasteiger partial charge in [0, 0.05) is 4.47 Å². The molecule has 0 aliphatic heterocycles. The van der Waals surface area contributed by atoms with Crippen molar-refractivity contribution in [2.75, 3.05) is 18.5 Å². The van der Waals surface area contributed by atoms with Crippen LogP contribution in [0.25, 0.3) is 0 Å². The average Bonchev–Trinajstić information content (AvgIpc) is 2.29. The minimum Gasteiger partial charge on any atom is -0.478 e. The second-order valence-corrected chi connectivity index (χ2v) is 4.48. The molecule has 0 bridgehead atoms. The summed E-state index contributed by atoms with van der Waals surface area (Å²) >= 11 is 3.04. The van der Waals surface area contributed by atoms with Crippen LogP contribution in [0, 0.1) is 0 Å². The fraction of sp³-hybridized carbons (Fsp3) is 0.273. The van der Waals surface area contributed by atoms with Crippen LogP contribution in [0.2, 0.25) is 0 Å². The second-order valence-electron chi connectivity index (χ2n) is 3.62. The first kappa shape index (κ1) is 16.4. The van der Waals surface area contributed by atoms with E-state index in [0.717, 1.165) is 0 Å². The van der Waals surface area contributed by atoms with Gasteiger partial charge in [0.05, 0.1) is 11.3 Å². The number of carboxylic acids is 1. The summed E-state index contributed by atoms with van der Waals surface area (Å²) in [5.41, 5.74) is -0.232. The van der Waals surface area contributed by atoms with Crippen molar-refractivity contribution in [2.24, 2.45) is 0 Å². The summed E-state index contributed by atoms with van der Waals surface area (Å²) < 4.78 is 39.9. The molecule has 0 aliphatic rings. The molecule has 0 fully saturated rings. The van der Waals surface area contributed by atoms with E-state index in [0.29, 0.717) is 4.47 Å². The van der Waals surface area contributed by atoms with Gasteiger partial charge in [-0.3, -0.25) is 4.79 Å². The number of anilines is 1. The molecule has 1 aromatic rings. The highest BCUT2D eigenvalue weighted by Gasteiger charge is 2.28. The van der Waals surface area contributed by atoms with E-state index in [1.807, 2.05) is 0 Å². The topological polar surface area (TPSA) is 75.6 Å². The molecule has 0 radical (unpaired) electrons. The molecule has 5 nitrogen and oxygen atoms in total. The van der Waals surface area contributed by atoms with E-state index in [9.17, 15) is 22.8 Å². The number of benzene rings is 1. The van der Waals surface area contributed by atoms with Crippen molar-refractivity contribution in [2.45, 2.75) is 6.18 Å². The van der Waals surface area contributed by atoms with Crippen LogP contribution in [-0.4, -0.2) is 36.4 Å². The highest BCUT2D eigenvalue weighted by molar-refractivity contribution is 9.10. The van der Waals surface area contributed by atoms with E-state index >= 15 is 0 Å². The number of carbonyl (C=O) groups is 2. The Bertz CT molecular complexity index is 519. The van der Waals surface area contributed by atoms with Gasteiger partial charge in [-0.1, -0.05) is 6.07 Å². The highest BCUT2D eigenvalue weighted by atomic mass is 79.9. The van der Waals surface area contributed by atoms with Crippen LogP contribution < -0.4 is 5.32 Å². The number of hydrogen-bond acceptors (Lipinski definition) is 3. The van der Waals surface area contributed by atoms with Gasteiger partial charge < -0.3 is 15.2 Å². The fourth-order valence-electron chi connectivity index (χ4n) is 1.26. The number of rotatable bonds is 5. The standard InChI is InChI=1S/C11H9BrF3NO4/c12-7-3-1-2-6(10(18)19)9(7)16-8(17)4-20-5-11(13,14)15/h1-3H,4-5H2,(H,16,17)(H,18,19). The van der Waals surface area contributed by atoms with Gasteiger partial charge in [-0.15, -0.1) is 0 Å². The van der Waals surface area contributed by atoms with Crippen LogP contribution >= 0.6 is 15.9 Å². The molecule has 1 rings (SSSR count). The number of aromatic carboxylic acids is 1. The minimum atomic E-state index is -4.53. The molecule has 20 heavy (non-hydrogen) atoms. The van der Waals surface area contributed by atoms with Crippen LogP contribution in [0.15, 0.2) is 22.7 Å². The zero-order chi connectivity index (χ0) is 15.3. The maximum Gasteiger partial charge on any atom is 0.411 e. The Hall–Kier alpha value is -1.61. The van der Waals surface area contributed by atoms with Gasteiger partial charge in [-0.05, 0) is 28.1 Å². The summed E-state index contributed by atoms with van der Waals surface area (Å²) in [7, 11) is 0. The largest absolute Gasteiger partial charge is 0.478 e. The summed E-state index contributed by atoms with van der Waals surface area (Å²) in [4.78, 5) is 22.4. The number of nitrogens with one attached hydrogen (secondary N) is 1. The predicted octanol–water partition coefficient (Wildman–Crippen LogP) is 2.66. The number of hydrogen-bond donors (Lipinski definition) is 2. The Morgan fingerprint density at radius 2 is 2.00 bits per heavy atom. The van der Waals surface area contributed by atoms with Crippen molar-refractivity contribution in [3.63, 3.8) is 0 Å². The lowest BCUT2D eigenvalue weighted by atomic mass is 10.2. The fourth-order valence-corrected chi connectivity index (χ4v) is 1.73. The molecule has 110 valence electrons. The van der Waals surface area contributed by atoms with Crippen molar-refractivity contribution in [1.29, 1.82) is 0 Å². The number of halogens is 4. The zero-order valence-electron chi connectivity index (χ0n) is 9.83. The SMILES string of the molecule is O=C(COCC(F)(F)F)Nc1c(Br)cccc1C(=O)O. The number of ether oxygens (including phenoxy) is 1. The smallest absolute Gasteiger partial charge is 0.411 e. The molecular formula is C11H9BrF3NO4. The first-order chi connectivity index (χ1) is 9.20. The number of para-hydroxylation sites is 1. The molecule has 1 amide bonds. The normalized spacial score (nSPS) is 11.2. The molecule has 9 heteroatoms. The average molecular weight is 356 g/mol. The van der Waals surface area contributed by atoms with Gasteiger partial charge in [0.25, 0.3) is 0 Å². The van der Waals surface area contributed by atoms with Gasteiger partial charge in [-0.2, -0.15) is 13.2 Å². The van der Waals surface area contributed by atoms with Crippen molar-refractivity contribution in [1.82, 2.24) is 0 Å². The first-order valence-corrected chi connectivity index (χ1v) is 5.96. The third kappa shape index (κ3) is 5.17. The van der Waals surface area contributed by atoms with Crippen molar-refractivity contribution in [3.05, 3.63) is 28.2 Å². The summed E-state index contributed by atoms with van der Waals surface area (Å²) in [6.45, 7) is -2.39. The summed E-state index contributed by atoms with van der Waals surface area (Å²) in [5, 5.41) is 11.1. The Kier molecular flexibility index (Phi) is 5.52. The number of carbonyl (C=O) groups excluding carboxylic acids is 1. The van der Waals surface area contributed by atoms with E-state index in [1.54, 1.807) is 0 Å². The second kappa shape index (κ2) is 6.71. The molecule has 0 saturated carbocycles. The van der Waals surface area contributed by atoms with Gasteiger partial charge in [0.15, 0.2) is 0 Å². The van der Waals surface area contributed by atoms with Crippen LogP contribution in [0.4, 0.5) is 18.9 Å². The van der Waals surface area contributed by atoms with E-state index in [-0.39, 0.29) is 11.3 Å². The summed E-state index contributed by atoms with van der Waals surface area (Å²) in [6, 6.07) is 4.18. The van der Waals surface area contributed by atoms with E-state index in [2.05, 4.69) is 26.0 Å². The lowest BCUT2D eigenvalue weighted by Crippen LogP contribution is -2.24. The van der Waals surface area contributed by atoms with Crippen molar-refractivity contribution in [3.8, 4) is 0 Å². The van der Waals surface area contributed by atoms with E-state index in [4.69, 9.17) is 5.11 Å². The Balaban J connectivity index is 2.69. The quantitative estimate of drug-likeness (QED) is 0.851. The molecular weight excluding hydrogens is 347 g/mol. The molecule has 0 spiro atoms. The molecule has 1 aromatic carbocycles. The first-order valence-electron chi connectivity index (χ1n) is 5.17. The third-order valence-electron chi connectivity index (χ3n) is 2.01. The highest BCUT2D eigenvalue weighted by Crippen LogP contribution is 2.26. The molecule has 0 atom stereocenters. The third-order valence-corrected chi connectivity index (χ3v) is 2.67. The van der Waals surface area contributed by atoms with Crippen LogP contribution in [0.5, 0.6) is 0 Å². The Morgan fingerprint density at radius 1 is 1.35 bits per heavy atom. The monoisotopic (exact) mass is 355 g/mol. The van der Waals surface area contributed by atoms with Gasteiger partial charge >= 0.3 is 12.1 Å². The molecule has 0 aromatic heterocycles. The van der Waals surface area contributed by atoms with Gasteiger partial charge in [-0.25, -0.2) is 4.79 Å². The van der Waals surface area contributed by atoms with E-state index in [1.165, 1.54) is 18.2 Å². The Labute approximate surface area is 119 Å². The predicted molar refractivity (Wildman–Crippen MR) is 66.6 cm³/mol. The summed E-state index contributed by atoms with van der Waals surface area (Å²) in [6.07, 6.45) is -4.53. The maximum atomic E-state index is 11.8. The summed E-state index contributed by atoms with van der Waals surface area (Å²) in [5.74, 6) is -2.17. The van der Waals surface area contributed by atoms with Crippen molar-refractivity contribution >= 4 is 33.5 Å². The lowest BCUT2D eigenvalue weighted by molar-refractivity contribution is -0.174. The number of alkyl halides is 3. The van der Waals surface area contributed by atoms with Crippen LogP contribution in [0.1, 0.15) is 10.4 Å². The van der Waals surface area contributed by atoms with Gasteiger partial charge in [0.1, 0.15) is 13.2 Å². The van der Waals surface area contributed by atoms with Crippen LogP contribution in [0.3, 0.4) is 0 Å². The molecule has 2 N–H and O–H groups in total. The molecule has 0 heterocycles. The molecule has 0 unspecified atom stereocenters. The lowest BCUT2D eigenvalue weighted by Gasteiger charge is -2.11. The number of carboxylic acid groups (broad SMARTS) is 1. The molecule has 0 saturated heterocycles. The Morgan fingerprint density at radius 3 is 2.55 bits per heavy atom.